The second kappa shape index (κ2) is 21.6. The molecule has 0 unspecified atom stereocenters. The first-order valence-corrected chi connectivity index (χ1v) is 26.5. The van der Waals surface area contributed by atoms with E-state index in [1.807, 2.05) is 135 Å². The summed E-state index contributed by atoms with van der Waals surface area (Å²) in [4.78, 5) is 8.61. The predicted molar refractivity (Wildman–Crippen MR) is 330 cm³/mol. The van der Waals surface area contributed by atoms with Crippen LogP contribution >= 0.6 is 0 Å². The van der Waals surface area contributed by atoms with E-state index in [-0.39, 0.29) is 54.4 Å². The third kappa shape index (κ3) is 10.2. The zero-order chi connectivity index (χ0) is 63.2. The number of nitrogens with zero attached hydrogens (tertiary/aromatic N) is 4. The summed E-state index contributed by atoms with van der Waals surface area (Å²) in [6, 6.07) is 59.2. The third-order valence-electron chi connectivity index (χ3n) is 14.5. The van der Waals surface area contributed by atoms with E-state index in [1.165, 1.54) is 5.56 Å². The molecular weight excluding hydrogens is 1170 g/mol. The summed E-state index contributed by atoms with van der Waals surface area (Å²) >= 11 is 0. The van der Waals surface area contributed by atoms with E-state index in [4.69, 9.17) is 22.7 Å². The summed E-state index contributed by atoms with van der Waals surface area (Å²) in [6.45, 7) is 14.3. The van der Waals surface area contributed by atoms with Gasteiger partial charge in [-0.3, -0.25) is 0 Å². The van der Waals surface area contributed by atoms with E-state index in [0.717, 1.165) is 38.5 Å². The second-order valence-electron chi connectivity index (χ2n) is 21.8. The molecule has 12 aromatic rings. The summed E-state index contributed by atoms with van der Waals surface area (Å²) < 4.78 is 105. The Morgan fingerprint density at radius 1 is 0.481 bits per heavy atom. The molecule has 1 aliphatic heterocycles. The molecule has 0 aliphatic carbocycles. The molecule has 2 aromatic heterocycles. The van der Waals surface area contributed by atoms with Gasteiger partial charge in [-0.1, -0.05) is 198 Å². The van der Waals surface area contributed by atoms with Crippen LogP contribution in [-0.4, -0.2) is 9.55 Å². The number of rotatable bonds is 11. The van der Waals surface area contributed by atoms with Gasteiger partial charge in [0.25, 0.3) is 0 Å². The van der Waals surface area contributed by atoms with E-state index in [2.05, 4.69) is 86.0 Å². The molecule has 0 atom stereocenters. The van der Waals surface area contributed by atoms with Gasteiger partial charge in [0.15, 0.2) is 0 Å². The van der Waals surface area contributed by atoms with Crippen LogP contribution in [0.2, 0.25) is 0 Å². The number of anilines is 4. The Balaban J connectivity index is 0.00000800. The minimum Gasteiger partial charge on any atom is -0.509 e. The number of hydrogen-bond acceptors (Lipinski definition) is 5. The summed E-state index contributed by atoms with van der Waals surface area (Å²) in [7, 11) is 0. The molecular formula is C74H59N4O2Pt-3. The Morgan fingerprint density at radius 3 is 1.63 bits per heavy atom. The number of para-hydroxylation sites is 3. The Kier molecular flexibility index (Phi) is 11.2. The zero-order valence-electron chi connectivity index (χ0n) is 55.3. The molecule has 0 N–H and O–H groups in total. The summed E-state index contributed by atoms with van der Waals surface area (Å²) in [5, 5.41) is 1.90. The first-order valence-electron chi connectivity index (χ1n) is 31.5. The van der Waals surface area contributed by atoms with Crippen molar-refractivity contribution in [3.63, 3.8) is 0 Å². The summed E-state index contributed by atoms with van der Waals surface area (Å²) in [6.07, 6.45) is 1.75. The van der Waals surface area contributed by atoms with Crippen molar-refractivity contribution in [2.75, 3.05) is 9.80 Å². The normalized spacial score (nSPS) is 14.1. The van der Waals surface area contributed by atoms with Gasteiger partial charge < -0.3 is 23.8 Å². The number of benzene rings is 10. The molecule has 0 bridgehead atoms. The second-order valence-corrected chi connectivity index (χ2v) is 21.8. The molecule has 3 heterocycles. The van der Waals surface area contributed by atoms with Crippen molar-refractivity contribution in [2.45, 2.75) is 52.4 Å². The SMILES string of the molecule is [2H]c1c([2H])c([2H])c(-c2cc(C(C)(C)C)cc(-c3c([2H])c([2H])c([2H])c([2H])c3[2H])c2N2[CH-]N(c3[c-]c(Oc4[c-]c5c(cc4)c4ccccc4n5-c4cc(Oc5c(-c6ccccc6)cc(C(C)(C)C)cc5-c5ccccc5)ccn4)ccc3)c3ccccc32)c([2H])c1[2H].[Pt]. The largest absolute Gasteiger partial charge is 0.509 e. The van der Waals surface area contributed by atoms with Crippen molar-refractivity contribution in [1.29, 1.82) is 0 Å². The average molecular weight is 1240 g/mol. The van der Waals surface area contributed by atoms with Gasteiger partial charge in [0.05, 0.1) is 13.7 Å². The van der Waals surface area contributed by atoms with Crippen LogP contribution in [0.3, 0.4) is 0 Å². The number of pyridine rings is 1. The molecule has 0 radical (unpaired) electrons. The fourth-order valence-corrected chi connectivity index (χ4v) is 10.4. The maximum atomic E-state index is 9.31. The number of hydrogen-bond donors (Lipinski definition) is 0. The van der Waals surface area contributed by atoms with E-state index in [1.54, 1.807) is 36.0 Å². The van der Waals surface area contributed by atoms with E-state index in [9.17, 15) is 5.48 Å². The monoisotopic (exact) mass is 1240 g/mol. The van der Waals surface area contributed by atoms with Gasteiger partial charge in [-0.15, -0.1) is 48.1 Å². The molecule has 6 nitrogen and oxygen atoms in total. The van der Waals surface area contributed by atoms with Gasteiger partial charge in [-0.2, -0.15) is 12.1 Å². The van der Waals surface area contributed by atoms with Gasteiger partial charge in [0.2, 0.25) is 0 Å². The molecule has 0 amide bonds. The van der Waals surface area contributed by atoms with Crippen molar-refractivity contribution in [1.82, 2.24) is 9.55 Å². The maximum absolute atomic E-state index is 9.31. The first kappa shape index (κ1) is 42.0. The first-order chi connectivity index (χ1) is 43.1. The van der Waals surface area contributed by atoms with Gasteiger partial charge in [-0.05, 0) is 98.1 Å². The van der Waals surface area contributed by atoms with Crippen molar-refractivity contribution in [3.05, 3.63) is 272 Å². The van der Waals surface area contributed by atoms with Crippen molar-refractivity contribution < 1.29 is 44.2 Å². The standard InChI is InChI=1S/C74H59N4O2.Pt/c1-73(2,3)54-42-62(50-24-11-7-12-25-50)71(63(43-54)51-26-13-8-14-27-51)77-49-76(67-36-21-22-37-68(67)77)56-32-23-33-57(46-56)79-58-38-39-61-60-34-19-20-35-66(60)78(69(61)47-58)70-48-59(40-41-75-70)80-72-64(52-28-15-9-16-29-52)44-55(74(4,5)6)45-65(72)53-30-17-10-18-31-53;/h7-45,48-49H,1-6H3;/q-3;/i7D,8D,11D,12D,13D,14D,24D,25D,26D,27D;. The van der Waals surface area contributed by atoms with Crippen LogP contribution < -0.4 is 19.3 Å². The Morgan fingerprint density at radius 2 is 1.02 bits per heavy atom. The van der Waals surface area contributed by atoms with Crippen LogP contribution in [0.25, 0.3) is 72.1 Å². The van der Waals surface area contributed by atoms with Crippen LogP contribution in [0.4, 0.5) is 22.7 Å². The van der Waals surface area contributed by atoms with Crippen molar-refractivity contribution in [3.8, 4) is 73.3 Å². The molecule has 0 spiro atoms. The van der Waals surface area contributed by atoms with Gasteiger partial charge >= 0.3 is 0 Å². The number of aromatic nitrogens is 2. The maximum Gasteiger partial charge on any atom is 0.143 e. The van der Waals surface area contributed by atoms with Gasteiger partial charge in [0.1, 0.15) is 17.3 Å². The predicted octanol–water partition coefficient (Wildman–Crippen LogP) is 20.0. The minimum absolute atomic E-state index is 0. The summed E-state index contributed by atoms with van der Waals surface area (Å²) in [5.41, 5.74) is 8.68. The fourth-order valence-electron chi connectivity index (χ4n) is 10.4. The van der Waals surface area contributed by atoms with Crippen LogP contribution in [0.5, 0.6) is 23.0 Å². The zero-order valence-corrected chi connectivity index (χ0v) is 47.6. The molecule has 0 saturated carbocycles. The molecule has 10 aromatic carbocycles. The van der Waals surface area contributed by atoms with Crippen LogP contribution in [0, 0.1) is 18.8 Å². The minimum atomic E-state index is -0.645. The Hall–Kier alpha value is -8.96. The van der Waals surface area contributed by atoms with E-state index in [0.29, 0.717) is 57.0 Å². The number of fused-ring (bicyclic) bond motifs is 4. The molecule has 13 rings (SSSR count). The van der Waals surface area contributed by atoms with Gasteiger partial charge in [-0.25, -0.2) is 4.98 Å². The molecule has 400 valence electrons. The van der Waals surface area contributed by atoms with Crippen LogP contribution in [-0.2, 0) is 31.9 Å². The number of ether oxygens (including phenoxy) is 2. The van der Waals surface area contributed by atoms with E-state index >= 15 is 0 Å². The topological polar surface area (TPSA) is 42.8 Å². The fraction of sp³-hybridized carbons (Fsp3) is 0.108. The quantitative estimate of drug-likeness (QED) is 0.121. The molecule has 0 saturated heterocycles. The molecule has 7 heteroatoms. The van der Waals surface area contributed by atoms with Crippen LogP contribution in [0.1, 0.15) is 66.4 Å². The smallest absolute Gasteiger partial charge is 0.143 e. The molecule has 81 heavy (non-hydrogen) atoms. The van der Waals surface area contributed by atoms with E-state index < -0.39 is 65.8 Å². The van der Waals surface area contributed by atoms with Gasteiger partial charge in [0, 0.05) is 89.7 Å². The Labute approximate surface area is 503 Å². The Bertz CT molecular complexity index is 4660. The molecule has 1 aliphatic rings. The van der Waals surface area contributed by atoms with Crippen molar-refractivity contribution >= 4 is 44.6 Å². The average Bonchev–Trinajstić information content (AvgIpc) is 1.73. The third-order valence-corrected chi connectivity index (χ3v) is 14.5. The van der Waals surface area contributed by atoms with Crippen LogP contribution in [0.15, 0.2) is 243 Å². The van der Waals surface area contributed by atoms with Crippen molar-refractivity contribution in [2.24, 2.45) is 0 Å². The summed E-state index contributed by atoms with van der Waals surface area (Å²) in [5.74, 6) is 2.64. The molecule has 0 fully saturated rings.